The number of hydrogen-bond acceptors (Lipinski definition) is 3. The van der Waals surface area contributed by atoms with E-state index in [1.807, 2.05) is 20.9 Å². The maximum atomic E-state index is 11.8. The van der Waals surface area contributed by atoms with Crippen molar-refractivity contribution in [3.63, 3.8) is 0 Å². The first-order chi connectivity index (χ1) is 9.16. The molecule has 1 amide bonds. The third-order valence-corrected chi connectivity index (χ3v) is 3.05. The number of nitrogens with zero attached hydrogens (tertiary/aromatic N) is 2. The average molecular weight is 451 g/mol. The van der Waals surface area contributed by atoms with E-state index in [-0.39, 0.29) is 44.4 Å². The fourth-order valence-corrected chi connectivity index (χ4v) is 2.01. The molecule has 0 spiro atoms. The Labute approximate surface area is 133 Å². The van der Waals surface area contributed by atoms with Gasteiger partial charge in [-0.2, -0.15) is 0 Å². The third-order valence-electron chi connectivity index (χ3n) is 3.05. The molecule has 1 atom stereocenters. The molecule has 1 aliphatic heterocycles. The number of hydrogen-bond donors (Lipinski definition) is 1. The number of rotatable bonds is 3. The van der Waals surface area contributed by atoms with Crippen molar-refractivity contribution in [1.82, 2.24) is 9.88 Å². The van der Waals surface area contributed by atoms with Gasteiger partial charge in [0.15, 0.2) is 0 Å². The van der Waals surface area contributed by atoms with Crippen molar-refractivity contribution >= 4 is 5.91 Å². The molecule has 0 saturated carbocycles. The van der Waals surface area contributed by atoms with E-state index >= 15 is 0 Å². The van der Waals surface area contributed by atoms with E-state index in [0.29, 0.717) is 5.56 Å². The zero-order valence-corrected chi connectivity index (χ0v) is 14.9. The van der Waals surface area contributed by atoms with Gasteiger partial charge in [0.2, 0.25) is 5.56 Å². The SMILES string of the molecule is CC.CN1CCC(C(=O)[N-]Cc2ccc[nH]c2=O)C1.[Re]. The molecule has 5 nitrogen and oxygen atoms in total. The van der Waals surface area contributed by atoms with E-state index in [9.17, 15) is 9.59 Å². The maximum absolute atomic E-state index is 11.8. The summed E-state index contributed by atoms with van der Waals surface area (Å²) < 4.78 is 0. The van der Waals surface area contributed by atoms with Gasteiger partial charge < -0.3 is 20.0 Å². The van der Waals surface area contributed by atoms with Crippen molar-refractivity contribution in [2.24, 2.45) is 5.92 Å². The van der Waals surface area contributed by atoms with Gasteiger partial charge in [-0.1, -0.05) is 26.5 Å². The largest absolute Gasteiger partial charge is 0.649 e. The van der Waals surface area contributed by atoms with Crippen LogP contribution in [0.25, 0.3) is 5.32 Å². The van der Waals surface area contributed by atoms with Gasteiger partial charge in [0, 0.05) is 39.1 Å². The number of aromatic amines is 1. The Bertz CT molecular complexity index is 462. The third kappa shape index (κ3) is 5.58. The molecule has 20 heavy (non-hydrogen) atoms. The second-order valence-corrected chi connectivity index (χ2v) is 4.43. The number of amides is 1. The fraction of sp³-hybridized carbons (Fsp3) is 0.571. The summed E-state index contributed by atoms with van der Waals surface area (Å²) in [4.78, 5) is 27.8. The average Bonchev–Trinajstić information content (AvgIpc) is 2.86. The Morgan fingerprint density at radius 3 is 2.75 bits per heavy atom. The zero-order chi connectivity index (χ0) is 14.3. The van der Waals surface area contributed by atoms with Crippen molar-refractivity contribution < 1.29 is 25.2 Å². The molecular formula is C14H22N3O2Re-. The van der Waals surface area contributed by atoms with Gasteiger partial charge in [-0.15, -0.1) is 0 Å². The number of carbonyl (C=O) groups excluding carboxylic acids is 1. The van der Waals surface area contributed by atoms with E-state index < -0.39 is 0 Å². The minimum absolute atomic E-state index is 0. The van der Waals surface area contributed by atoms with Crippen LogP contribution in [0, 0.1) is 5.92 Å². The Morgan fingerprint density at radius 2 is 2.20 bits per heavy atom. The molecule has 0 aromatic carbocycles. The first-order valence-corrected chi connectivity index (χ1v) is 6.73. The smallest absolute Gasteiger partial charge is 0.249 e. The molecule has 1 unspecified atom stereocenters. The van der Waals surface area contributed by atoms with Gasteiger partial charge >= 0.3 is 0 Å². The number of nitrogens with one attached hydrogen (secondary N) is 1. The van der Waals surface area contributed by atoms with Crippen LogP contribution in [-0.4, -0.2) is 35.9 Å². The van der Waals surface area contributed by atoms with Gasteiger partial charge in [-0.3, -0.25) is 4.79 Å². The molecule has 0 aliphatic carbocycles. The van der Waals surface area contributed by atoms with Crippen molar-refractivity contribution in [2.45, 2.75) is 26.8 Å². The van der Waals surface area contributed by atoms with Crippen LogP contribution in [0.1, 0.15) is 25.8 Å². The van der Waals surface area contributed by atoms with Gasteiger partial charge in [-0.05, 0) is 31.6 Å². The van der Waals surface area contributed by atoms with Crippen molar-refractivity contribution in [1.29, 1.82) is 0 Å². The van der Waals surface area contributed by atoms with Crippen LogP contribution < -0.4 is 5.56 Å². The van der Waals surface area contributed by atoms with Crippen LogP contribution in [0.5, 0.6) is 0 Å². The molecule has 2 heterocycles. The number of pyridine rings is 1. The van der Waals surface area contributed by atoms with Gasteiger partial charge in [0.25, 0.3) is 0 Å². The molecule has 2 rings (SSSR count). The van der Waals surface area contributed by atoms with Crippen molar-refractivity contribution in [3.05, 3.63) is 39.6 Å². The van der Waals surface area contributed by atoms with Crippen LogP contribution in [0.2, 0.25) is 0 Å². The molecule has 1 N–H and O–H groups in total. The van der Waals surface area contributed by atoms with E-state index in [0.717, 1.165) is 19.5 Å². The Morgan fingerprint density at radius 1 is 1.50 bits per heavy atom. The second kappa shape index (κ2) is 9.87. The molecule has 0 bridgehead atoms. The maximum Gasteiger partial charge on any atom is 0.249 e. The molecule has 1 aromatic rings. The minimum Gasteiger partial charge on any atom is -0.649 e. The monoisotopic (exact) mass is 451 g/mol. The van der Waals surface area contributed by atoms with E-state index in [1.54, 1.807) is 18.3 Å². The van der Waals surface area contributed by atoms with E-state index in [4.69, 9.17) is 0 Å². The Balaban J connectivity index is 0.00000115. The predicted molar refractivity (Wildman–Crippen MR) is 76.1 cm³/mol. The first-order valence-electron chi connectivity index (χ1n) is 6.73. The summed E-state index contributed by atoms with van der Waals surface area (Å²) in [5.41, 5.74) is 0.361. The molecule has 1 aliphatic rings. The second-order valence-electron chi connectivity index (χ2n) is 4.43. The van der Waals surface area contributed by atoms with Crippen molar-refractivity contribution in [2.75, 3.05) is 20.1 Å². The normalized spacial score (nSPS) is 17.6. The van der Waals surface area contributed by atoms with Crippen LogP contribution in [0.15, 0.2) is 23.1 Å². The number of aromatic nitrogens is 1. The van der Waals surface area contributed by atoms with E-state index in [1.165, 1.54) is 0 Å². The molecule has 6 heteroatoms. The summed E-state index contributed by atoms with van der Waals surface area (Å²) in [6.07, 6.45) is 2.43. The van der Waals surface area contributed by atoms with Crippen LogP contribution >= 0.6 is 0 Å². The first kappa shape index (κ1) is 19.0. The quantitative estimate of drug-likeness (QED) is 0.763. The number of likely N-dealkylation sites (tertiary alicyclic amines) is 1. The summed E-state index contributed by atoms with van der Waals surface area (Å²) in [6, 6.07) is 3.43. The van der Waals surface area contributed by atoms with Gasteiger partial charge in [-0.25, -0.2) is 0 Å². The summed E-state index contributed by atoms with van der Waals surface area (Å²) in [5, 5.41) is 3.99. The zero-order valence-electron chi connectivity index (χ0n) is 12.2. The molecule has 1 aromatic heterocycles. The molecule has 1 fully saturated rings. The molecule has 113 valence electrons. The topological polar surface area (TPSA) is 67.3 Å². The molecule has 1 radical (unpaired) electrons. The number of carbonyl (C=O) groups is 1. The molecular weight excluding hydrogens is 428 g/mol. The van der Waals surface area contributed by atoms with Crippen LogP contribution in [-0.2, 0) is 31.8 Å². The predicted octanol–water partition coefficient (Wildman–Crippen LogP) is 1.75. The van der Waals surface area contributed by atoms with E-state index in [2.05, 4.69) is 15.2 Å². The standard InChI is InChI=1S/C12H17N3O2.C2H6.Re/c1-15-6-4-10(8-15)12(17)14-7-9-3-2-5-13-11(9)16;1-2;/h2-3,5,10H,4,6-8H2,1H3,(H2,13,14,16,17);1-2H3;/p-1. The van der Waals surface area contributed by atoms with Crippen LogP contribution in [0.3, 0.4) is 0 Å². The minimum atomic E-state index is -0.174. The van der Waals surface area contributed by atoms with Gasteiger partial charge in [0.1, 0.15) is 0 Å². The van der Waals surface area contributed by atoms with Crippen molar-refractivity contribution in [3.8, 4) is 0 Å². The Kier molecular flexibility index (Phi) is 9.40. The Hall–Kier alpha value is -0.958. The summed E-state index contributed by atoms with van der Waals surface area (Å²) >= 11 is 0. The summed E-state index contributed by atoms with van der Waals surface area (Å²) in [6.45, 7) is 5.89. The summed E-state index contributed by atoms with van der Waals surface area (Å²) in [5.74, 6) is -0.0830. The van der Waals surface area contributed by atoms with Crippen LogP contribution in [0.4, 0.5) is 0 Å². The van der Waals surface area contributed by atoms with Gasteiger partial charge in [0.05, 0.1) is 5.91 Å². The fourth-order valence-electron chi connectivity index (χ4n) is 2.01. The number of H-pyrrole nitrogens is 1. The molecule has 1 saturated heterocycles. The summed E-state index contributed by atoms with van der Waals surface area (Å²) in [7, 11) is 2.00.